The molecule has 0 unspecified atom stereocenters. The number of ether oxygens (including phenoxy) is 1. The maximum atomic E-state index is 12.3. The molecular formula is C23H24Cl2N4O2. The molecule has 6 nitrogen and oxygen atoms in total. The number of nitrogens with zero attached hydrogens (tertiary/aromatic N) is 4. The molecule has 0 radical (unpaired) electrons. The van der Waals surface area contributed by atoms with Gasteiger partial charge in [-0.2, -0.15) is 0 Å². The molecule has 31 heavy (non-hydrogen) atoms. The number of halogens is 2. The zero-order valence-electron chi connectivity index (χ0n) is 17.7. The fourth-order valence-electron chi connectivity index (χ4n) is 3.62. The molecule has 0 N–H and O–H groups in total. The SMILES string of the molecule is CC(C)(C)OC(=O)N1CCN(c2cccc(-c3nc(Cl)nc4ccc(Cl)cc34)c2)CC1. The van der Waals surface area contributed by atoms with E-state index in [1.54, 1.807) is 11.0 Å². The molecule has 8 heteroatoms. The summed E-state index contributed by atoms with van der Waals surface area (Å²) in [5.41, 5.74) is 2.99. The molecule has 2 aromatic carbocycles. The minimum Gasteiger partial charge on any atom is -0.444 e. The molecule has 1 aliphatic rings. The molecular weight excluding hydrogens is 435 g/mol. The Bertz CT molecular complexity index is 1120. The van der Waals surface area contributed by atoms with E-state index in [2.05, 4.69) is 27.0 Å². The molecule has 1 amide bonds. The summed E-state index contributed by atoms with van der Waals surface area (Å²) in [7, 11) is 0. The van der Waals surface area contributed by atoms with Crippen molar-refractivity contribution in [3.63, 3.8) is 0 Å². The molecule has 0 saturated carbocycles. The van der Waals surface area contributed by atoms with Gasteiger partial charge in [0, 0.05) is 47.8 Å². The Morgan fingerprint density at radius 3 is 2.45 bits per heavy atom. The Labute approximate surface area is 191 Å². The van der Waals surface area contributed by atoms with Crippen molar-refractivity contribution in [1.29, 1.82) is 0 Å². The third-order valence-electron chi connectivity index (χ3n) is 5.05. The van der Waals surface area contributed by atoms with E-state index in [1.807, 2.05) is 45.0 Å². The van der Waals surface area contributed by atoms with Crippen LogP contribution < -0.4 is 4.90 Å². The molecule has 0 spiro atoms. The molecule has 0 aliphatic carbocycles. The van der Waals surface area contributed by atoms with E-state index in [9.17, 15) is 4.79 Å². The average Bonchev–Trinajstić information content (AvgIpc) is 2.72. The van der Waals surface area contributed by atoms with E-state index in [0.717, 1.165) is 40.9 Å². The van der Waals surface area contributed by atoms with Gasteiger partial charge in [0.2, 0.25) is 5.28 Å². The van der Waals surface area contributed by atoms with Crippen molar-refractivity contribution in [2.45, 2.75) is 26.4 Å². The molecule has 3 aromatic rings. The molecule has 0 atom stereocenters. The van der Waals surface area contributed by atoms with Crippen LogP contribution in [0.1, 0.15) is 20.8 Å². The van der Waals surface area contributed by atoms with E-state index in [0.29, 0.717) is 18.1 Å². The van der Waals surface area contributed by atoms with Gasteiger partial charge in [0.25, 0.3) is 0 Å². The molecule has 2 heterocycles. The zero-order chi connectivity index (χ0) is 22.2. The highest BCUT2D eigenvalue weighted by Gasteiger charge is 2.26. The highest BCUT2D eigenvalue weighted by molar-refractivity contribution is 6.31. The normalized spacial score (nSPS) is 14.7. The Hall–Kier alpha value is -2.57. The molecule has 1 fully saturated rings. The van der Waals surface area contributed by atoms with Gasteiger partial charge in [-0.05, 0) is 62.7 Å². The predicted molar refractivity (Wildman–Crippen MR) is 125 cm³/mol. The van der Waals surface area contributed by atoms with Gasteiger partial charge in [-0.3, -0.25) is 0 Å². The first-order chi connectivity index (χ1) is 14.7. The van der Waals surface area contributed by atoms with Crippen molar-refractivity contribution < 1.29 is 9.53 Å². The second kappa shape index (κ2) is 8.52. The van der Waals surface area contributed by atoms with Crippen LogP contribution in [0.5, 0.6) is 0 Å². The van der Waals surface area contributed by atoms with Crippen LogP contribution in [-0.4, -0.2) is 52.7 Å². The molecule has 1 aromatic heterocycles. The summed E-state index contributed by atoms with van der Waals surface area (Å²) in [6.07, 6.45) is -0.264. The van der Waals surface area contributed by atoms with Crippen LogP contribution >= 0.6 is 23.2 Å². The number of carbonyl (C=O) groups is 1. The van der Waals surface area contributed by atoms with Gasteiger partial charge in [0.1, 0.15) is 5.60 Å². The first kappa shape index (κ1) is 21.7. The molecule has 1 saturated heterocycles. The third-order valence-corrected chi connectivity index (χ3v) is 5.45. The fourth-order valence-corrected chi connectivity index (χ4v) is 3.96. The number of aromatic nitrogens is 2. The zero-order valence-corrected chi connectivity index (χ0v) is 19.2. The summed E-state index contributed by atoms with van der Waals surface area (Å²) < 4.78 is 5.49. The molecule has 0 bridgehead atoms. The lowest BCUT2D eigenvalue weighted by Crippen LogP contribution is -2.50. The van der Waals surface area contributed by atoms with Crippen LogP contribution in [0.15, 0.2) is 42.5 Å². The van der Waals surface area contributed by atoms with Crippen LogP contribution in [0.2, 0.25) is 10.3 Å². The van der Waals surface area contributed by atoms with E-state index in [-0.39, 0.29) is 11.4 Å². The quantitative estimate of drug-likeness (QED) is 0.463. The summed E-state index contributed by atoms with van der Waals surface area (Å²) in [6.45, 7) is 8.29. The van der Waals surface area contributed by atoms with E-state index < -0.39 is 5.60 Å². The first-order valence-corrected chi connectivity index (χ1v) is 10.9. The molecule has 4 rings (SSSR count). The van der Waals surface area contributed by atoms with Crippen molar-refractivity contribution >= 4 is 45.9 Å². The van der Waals surface area contributed by atoms with Gasteiger partial charge in [-0.25, -0.2) is 14.8 Å². The van der Waals surface area contributed by atoms with Crippen molar-refractivity contribution in [2.24, 2.45) is 0 Å². The van der Waals surface area contributed by atoms with Gasteiger partial charge >= 0.3 is 6.09 Å². The lowest BCUT2D eigenvalue weighted by Gasteiger charge is -2.36. The minimum atomic E-state index is -0.493. The summed E-state index contributed by atoms with van der Waals surface area (Å²) >= 11 is 12.4. The van der Waals surface area contributed by atoms with Crippen LogP contribution in [-0.2, 0) is 4.74 Å². The van der Waals surface area contributed by atoms with Crippen molar-refractivity contribution in [2.75, 3.05) is 31.1 Å². The Kier molecular flexibility index (Phi) is 5.95. The van der Waals surface area contributed by atoms with Crippen LogP contribution in [0.3, 0.4) is 0 Å². The van der Waals surface area contributed by atoms with E-state index >= 15 is 0 Å². The minimum absolute atomic E-state index is 0.196. The standard InChI is InChI=1S/C23H24Cl2N4O2/c1-23(2,3)31-22(30)29-11-9-28(10-12-29)17-6-4-5-15(13-17)20-18-14-16(24)7-8-19(18)26-21(25)27-20/h4-8,13-14H,9-12H2,1-3H3. The van der Waals surface area contributed by atoms with Gasteiger partial charge in [-0.15, -0.1) is 0 Å². The second-order valence-electron chi connectivity index (χ2n) is 8.51. The van der Waals surface area contributed by atoms with Crippen LogP contribution in [0.25, 0.3) is 22.2 Å². The third kappa shape index (κ3) is 5.02. The molecule has 1 aliphatic heterocycles. The Morgan fingerprint density at radius 2 is 1.74 bits per heavy atom. The van der Waals surface area contributed by atoms with Crippen molar-refractivity contribution in [3.8, 4) is 11.3 Å². The number of anilines is 1. The largest absolute Gasteiger partial charge is 0.444 e. The maximum Gasteiger partial charge on any atom is 0.410 e. The average molecular weight is 459 g/mol. The van der Waals surface area contributed by atoms with Crippen molar-refractivity contribution in [1.82, 2.24) is 14.9 Å². The lowest BCUT2D eigenvalue weighted by atomic mass is 10.1. The number of hydrogen-bond donors (Lipinski definition) is 0. The smallest absolute Gasteiger partial charge is 0.410 e. The fraction of sp³-hybridized carbons (Fsp3) is 0.348. The predicted octanol–water partition coefficient (Wildman–Crippen LogP) is 5.66. The topological polar surface area (TPSA) is 58.6 Å². The van der Waals surface area contributed by atoms with Gasteiger partial charge < -0.3 is 14.5 Å². The van der Waals surface area contributed by atoms with Gasteiger partial charge in [0.05, 0.1) is 11.2 Å². The summed E-state index contributed by atoms with van der Waals surface area (Å²) in [4.78, 5) is 25.1. The monoisotopic (exact) mass is 458 g/mol. The summed E-state index contributed by atoms with van der Waals surface area (Å²) in [5.74, 6) is 0. The second-order valence-corrected chi connectivity index (χ2v) is 9.28. The number of rotatable bonds is 2. The Balaban J connectivity index is 1.56. The van der Waals surface area contributed by atoms with Crippen molar-refractivity contribution in [3.05, 3.63) is 52.8 Å². The number of piperazine rings is 1. The summed E-state index contributed by atoms with van der Waals surface area (Å²) in [6, 6.07) is 13.6. The van der Waals surface area contributed by atoms with E-state index in [4.69, 9.17) is 27.9 Å². The summed E-state index contributed by atoms with van der Waals surface area (Å²) in [5, 5.41) is 1.67. The lowest BCUT2D eigenvalue weighted by molar-refractivity contribution is 0.0240. The van der Waals surface area contributed by atoms with Crippen LogP contribution in [0.4, 0.5) is 10.5 Å². The van der Waals surface area contributed by atoms with Gasteiger partial charge in [-0.1, -0.05) is 23.7 Å². The number of amides is 1. The van der Waals surface area contributed by atoms with Crippen LogP contribution in [0, 0.1) is 0 Å². The van der Waals surface area contributed by atoms with E-state index in [1.165, 1.54) is 0 Å². The highest BCUT2D eigenvalue weighted by atomic mass is 35.5. The highest BCUT2D eigenvalue weighted by Crippen LogP contribution is 2.31. The Morgan fingerprint density at radius 1 is 1.00 bits per heavy atom. The molecule has 162 valence electrons. The first-order valence-electron chi connectivity index (χ1n) is 10.2. The number of benzene rings is 2. The number of hydrogen-bond acceptors (Lipinski definition) is 5. The maximum absolute atomic E-state index is 12.3. The number of fused-ring (bicyclic) bond motifs is 1. The number of carbonyl (C=O) groups excluding carboxylic acids is 1. The van der Waals surface area contributed by atoms with Gasteiger partial charge in [0.15, 0.2) is 0 Å².